The molecule has 3 rings (SSSR count). The molecule has 0 radical (unpaired) electrons. The zero-order chi connectivity index (χ0) is 21.7. The van der Waals surface area contributed by atoms with Gasteiger partial charge in [0, 0.05) is 26.2 Å². The lowest BCUT2D eigenvalue weighted by Crippen LogP contribution is -2.47. The zero-order valence-corrected chi connectivity index (χ0v) is 20.6. The van der Waals surface area contributed by atoms with Crippen molar-refractivity contribution >= 4 is 70.6 Å². The Kier molecular flexibility index (Phi) is 10.3. The summed E-state index contributed by atoms with van der Waals surface area (Å²) in [5, 5.41) is 13.0. The number of aromatic nitrogens is 1. The summed E-state index contributed by atoms with van der Waals surface area (Å²) in [5.41, 5.74) is 1.54. The van der Waals surface area contributed by atoms with Crippen LogP contribution in [0.3, 0.4) is 0 Å². The lowest BCUT2D eigenvalue weighted by atomic mass is 10.2. The smallest absolute Gasteiger partial charge is 0.347 e. The maximum Gasteiger partial charge on any atom is 0.347 e. The number of thiazole rings is 1. The Bertz CT molecular complexity index is 929. The minimum atomic E-state index is -0.999. The van der Waals surface area contributed by atoms with Gasteiger partial charge in [-0.15, -0.1) is 23.7 Å². The van der Waals surface area contributed by atoms with Crippen LogP contribution in [-0.4, -0.2) is 65.0 Å². The Labute approximate surface area is 204 Å². The molecular weight excluding hydrogens is 505 g/mol. The molecule has 2 aromatic rings. The number of carboxylic acid groups (broad SMARTS) is 1. The van der Waals surface area contributed by atoms with Crippen molar-refractivity contribution in [2.75, 3.05) is 32.0 Å². The minimum Gasteiger partial charge on any atom is -0.477 e. The van der Waals surface area contributed by atoms with Gasteiger partial charge in [-0.3, -0.25) is 9.69 Å². The number of carboxylic acids is 1. The topological polar surface area (TPSA) is 91.8 Å². The van der Waals surface area contributed by atoms with Crippen molar-refractivity contribution in [1.29, 1.82) is 0 Å². The minimum absolute atomic E-state index is 0. The fraction of sp³-hybridized carbons (Fsp3) is 0.421. The number of rotatable bonds is 8. The number of carbonyl (C=O) groups excluding carboxylic acids is 1. The molecule has 170 valence electrons. The normalized spacial score (nSPS) is 16.5. The van der Waals surface area contributed by atoms with Crippen LogP contribution >= 0.6 is 58.7 Å². The van der Waals surface area contributed by atoms with Crippen LogP contribution in [-0.2, 0) is 16.1 Å². The molecular formula is C19H22Cl3N3O4S2. The predicted octanol–water partition coefficient (Wildman–Crippen LogP) is 3.99. The number of hydrogen-bond acceptors (Lipinski definition) is 7. The number of carbonyl (C=O) groups is 2. The van der Waals surface area contributed by atoms with Crippen LogP contribution in [0.25, 0.3) is 0 Å². The Morgan fingerprint density at radius 2 is 2.16 bits per heavy atom. The molecule has 12 heteroatoms. The van der Waals surface area contributed by atoms with Gasteiger partial charge in [-0.1, -0.05) is 41.0 Å². The van der Waals surface area contributed by atoms with Crippen LogP contribution < -0.4 is 5.32 Å². The number of amides is 1. The summed E-state index contributed by atoms with van der Waals surface area (Å²) in [6.07, 6.45) is -0.101. The summed E-state index contributed by atoms with van der Waals surface area (Å²) >= 11 is 14.4. The average Bonchev–Trinajstić information content (AvgIpc) is 3.09. The van der Waals surface area contributed by atoms with Crippen LogP contribution in [0.4, 0.5) is 0 Å². The van der Waals surface area contributed by atoms with Crippen molar-refractivity contribution in [2.24, 2.45) is 0 Å². The van der Waals surface area contributed by atoms with E-state index in [0.717, 1.165) is 30.0 Å². The van der Waals surface area contributed by atoms with Gasteiger partial charge in [0.05, 0.1) is 34.2 Å². The van der Waals surface area contributed by atoms with E-state index in [2.05, 4.69) is 15.2 Å². The van der Waals surface area contributed by atoms with Crippen molar-refractivity contribution in [3.05, 3.63) is 44.4 Å². The molecule has 1 atom stereocenters. The van der Waals surface area contributed by atoms with Crippen molar-refractivity contribution in [2.45, 2.75) is 23.9 Å². The molecule has 7 nitrogen and oxygen atoms in total. The van der Waals surface area contributed by atoms with Gasteiger partial charge >= 0.3 is 5.97 Å². The predicted molar refractivity (Wildman–Crippen MR) is 126 cm³/mol. The highest BCUT2D eigenvalue weighted by Gasteiger charge is 2.21. The Morgan fingerprint density at radius 3 is 2.84 bits per heavy atom. The van der Waals surface area contributed by atoms with Gasteiger partial charge < -0.3 is 15.2 Å². The van der Waals surface area contributed by atoms with Crippen molar-refractivity contribution in [3.63, 3.8) is 0 Å². The highest BCUT2D eigenvalue weighted by molar-refractivity contribution is 8.01. The van der Waals surface area contributed by atoms with Crippen LogP contribution in [0.15, 0.2) is 22.5 Å². The Morgan fingerprint density at radius 1 is 1.39 bits per heavy atom. The third-order valence-corrected chi connectivity index (χ3v) is 7.47. The molecule has 0 aliphatic carbocycles. The van der Waals surface area contributed by atoms with Gasteiger partial charge in [0.2, 0.25) is 5.91 Å². The van der Waals surface area contributed by atoms with Gasteiger partial charge in [-0.25, -0.2) is 9.78 Å². The number of morpholine rings is 1. The van der Waals surface area contributed by atoms with E-state index in [0.29, 0.717) is 39.8 Å². The van der Waals surface area contributed by atoms with E-state index < -0.39 is 5.97 Å². The number of benzene rings is 1. The number of halogens is 3. The maximum absolute atomic E-state index is 12.2. The van der Waals surface area contributed by atoms with E-state index >= 15 is 0 Å². The largest absolute Gasteiger partial charge is 0.477 e. The maximum atomic E-state index is 12.2. The second kappa shape index (κ2) is 12.2. The number of aryl methyl sites for hydroxylation is 1. The first-order chi connectivity index (χ1) is 14.3. The van der Waals surface area contributed by atoms with Gasteiger partial charge in [0.25, 0.3) is 0 Å². The number of thioether (sulfide) groups is 1. The molecule has 0 spiro atoms. The summed E-state index contributed by atoms with van der Waals surface area (Å²) in [7, 11) is 0. The van der Waals surface area contributed by atoms with Crippen LogP contribution in [0, 0.1) is 6.92 Å². The number of aromatic carboxylic acids is 1. The lowest BCUT2D eigenvalue weighted by molar-refractivity contribution is -0.119. The number of nitrogens with zero attached hydrogens (tertiary/aromatic N) is 2. The summed E-state index contributed by atoms with van der Waals surface area (Å²) in [5.74, 6) is -0.970. The quantitative estimate of drug-likeness (QED) is 0.503. The van der Waals surface area contributed by atoms with E-state index in [1.807, 2.05) is 12.1 Å². The molecule has 1 saturated heterocycles. The van der Waals surface area contributed by atoms with E-state index in [4.69, 9.17) is 33.0 Å². The highest BCUT2D eigenvalue weighted by atomic mass is 35.5. The summed E-state index contributed by atoms with van der Waals surface area (Å²) in [4.78, 5) is 29.9. The molecule has 1 aromatic carbocycles. The number of nitrogens with one attached hydrogen (secondary N) is 1. The van der Waals surface area contributed by atoms with Gasteiger partial charge in [-0.05, 0) is 24.6 Å². The second-order valence-electron chi connectivity index (χ2n) is 6.77. The van der Waals surface area contributed by atoms with Gasteiger partial charge in [0.1, 0.15) is 4.88 Å². The molecule has 1 fully saturated rings. The van der Waals surface area contributed by atoms with Crippen molar-refractivity contribution < 1.29 is 19.4 Å². The molecule has 2 N–H and O–H groups in total. The molecule has 0 saturated carbocycles. The second-order valence-corrected chi connectivity index (χ2v) is 9.80. The van der Waals surface area contributed by atoms with Crippen LogP contribution in [0.2, 0.25) is 10.0 Å². The van der Waals surface area contributed by atoms with E-state index in [1.165, 1.54) is 11.8 Å². The summed E-state index contributed by atoms with van der Waals surface area (Å²) in [6.45, 7) is 4.88. The third-order valence-electron chi connectivity index (χ3n) is 4.44. The number of hydrogen-bond donors (Lipinski definition) is 2. The third kappa shape index (κ3) is 7.78. The fourth-order valence-electron chi connectivity index (χ4n) is 2.98. The van der Waals surface area contributed by atoms with E-state index in [9.17, 15) is 9.59 Å². The van der Waals surface area contributed by atoms with Gasteiger partial charge in [-0.2, -0.15) is 0 Å². The Balaban J connectivity index is 0.00000341. The van der Waals surface area contributed by atoms with Crippen molar-refractivity contribution in [1.82, 2.24) is 15.2 Å². The first kappa shape index (κ1) is 26.2. The fourth-order valence-corrected chi connectivity index (χ4v) is 5.16. The average molecular weight is 527 g/mol. The molecule has 1 aromatic heterocycles. The lowest BCUT2D eigenvalue weighted by Gasteiger charge is -2.33. The molecule has 0 bridgehead atoms. The SMILES string of the molecule is Cc1nc(SCC(=O)NCC2CN(Cc3ccc(Cl)c(Cl)c3)CCO2)sc1C(=O)O.Cl. The Hall–Kier alpha value is -1.07. The van der Waals surface area contributed by atoms with E-state index in [1.54, 1.807) is 13.0 Å². The molecule has 1 unspecified atom stereocenters. The molecule has 1 aliphatic heterocycles. The highest BCUT2D eigenvalue weighted by Crippen LogP contribution is 2.27. The van der Waals surface area contributed by atoms with E-state index in [-0.39, 0.29) is 35.0 Å². The zero-order valence-electron chi connectivity index (χ0n) is 16.6. The molecule has 1 amide bonds. The first-order valence-electron chi connectivity index (χ1n) is 9.20. The van der Waals surface area contributed by atoms with Crippen LogP contribution in [0.5, 0.6) is 0 Å². The molecule has 1 aliphatic rings. The number of ether oxygens (including phenoxy) is 1. The van der Waals surface area contributed by atoms with Crippen LogP contribution in [0.1, 0.15) is 20.9 Å². The van der Waals surface area contributed by atoms with Gasteiger partial charge in [0.15, 0.2) is 4.34 Å². The first-order valence-corrected chi connectivity index (χ1v) is 11.8. The summed E-state index contributed by atoms with van der Waals surface area (Å²) in [6, 6.07) is 5.61. The monoisotopic (exact) mass is 525 g/mol. The standard InChI is InChI=1S/C19H21Cl2N3O4S2.ClH/c1-11-17(18(26)27)30-19(23-11)29-10-16(25)22-7-13-9-24(4-5-28-13)8-12-2-3-14(20)15(21)6-12;/h2-3,6,13H,4-5,7-10H2,1H3,(H,22,25)(H,26,27);1H. The molecule has 2 heterocycles. The summed E-state index contributed by atoms with van der Waals surface area (Å²) < 4.78 is 6.33. The van der Waals surface area contributed by atoms with Crippen molar-refractivity contribution in [3.8, 4) is 0 Å². The molecule has 31 heavy (non-hydrogen) atoms.